The van der Waals surface area contributed by atoms with Crippen LogP contribution in [0.2, 0.25) is 0 Å². The SMILES string of the molecule is CCCCCCC(=O)NC(CCC(=O)NC(CCCC(N)C(=O)O)C(=O)NC(C)C(=O)O)C(=O)O. The van der Waals surface area contributed by atoms with Crippen LogP contribution in [0.1, 0.15) is 78.1 Å². The lowest BCUT2D eigenvalue weighted by atomic mass is 10.0. The van der Waals surface area contributed by atoms with E-state index >= 15 is 0 Å². The van der Waals surface area contributed by atoms with Crippen molar-refractivity contribution in [1.82, 2.24) is 16.0 Å². The van der Waals surface area contributed by atoms with Crippen molar-refractivity contribution in [2.75, 3.05) is 0 Å². The number of carboxylic acid groups (broad SMARTS) is 3. The maximum absolute atomic E-state index is 12.5. The molecular formula is C22H38N4O9. The lowest BCUT2D eigenvalue weighted by Gasteiger charge is -2.21. The van der Waals surface area contributed by atoms with Crippen LogP contribution in [0, 0.1) is 0 Å². The second kappa shape index (κ2) is 17.2. The van der Waals surface area contributed by atoms with E-state index in [1.165, 1.54) is 6.92 Å². The molecule has 0 fully saturated rings. The molecule has 0 aromatic carbocycles. The summed E-state index contributed by atoms with van der Waals surface area (Å²) in [7, 11) is 0. The summed E-state index contributed by atoms with van der Waals surface area (Å²) >= 11 is 0. The number of carboxylic acids is 3. The van der Waals surface area contributed by atoms with E-state index < -0.39 is 59.8 Å². The van der Waals surface area contributed by atoms with E-state index in [2.05, 4.69) is 16.0 Å². The van der Waals surface area contributed by atoms with Gasteiger partial charge in [0.05, 0.1) is 0 Å². The Balaban J connectivity index is 4.95. The Hall–Kier alpha value is -3.22. The van der Waals surface area contributed by atoms with Crippen LogP contribution in [0.15, 0.2) is 0 Å². The number of aliphatic carboxylic acids is 3. The first-order valence-electron chi connectivity index (χ1n) is 11.7. The van der Waals surface area contributed by atoms with Crippen molar-refractivity contribution in [3.63, 3.8) is 0 Å². The smallest absolute Gasteiger partial charge is 0.326 e. The molecule has 35 heavy (non-hydrogen) atoms. The summed E-state index contributed by atoms with van der Waals surface area (Å²) in [5.74, 6) is -5.70. The number of unbranched alkanes of at least 4 members (excludes halogenated alkanes) is 3. The van der Waals surface area contributed by atoms with E-state index in [-0.39, 0.29) is 38.5 Å². The third-order valence-corrected chi connectivity index (χ3v) is 5.26. The van der Waals surface area contributed by atoms with Crippen molar-refractivity contribution in [2.45, 2.75) is 102 Å². The number of amides is 3. The summed E-state index contributed by atoms with van der Waals surface area (Å²) in [4.78, 5) is 70.2. The van der Waals surface area contributed by atoms with Crippen molar-refractivity contribution < 1.29 is 44.1 Å². The lowest BCUT2D eigenvalue weighted by Crippen LogP contribution is -2.51. The quantitative estimate of drug-likeness (QED) is 0.117. The highest BCUT2D eigenvalue weighted by Crippen LogP contribution is 2.07. The van der Waals surface area contributed by atoms with Gasteiger partial charge in [-0.3, -0.25) is 24.0 Å². The van der Waals surface area contributed by atoms with E-state index in [1.807, 2.05) is 6.92 Å². The van der Waals surface area contributed by atoms with Crippen LogP contribution in [-0.2, 0) is 28.8 Å². The van der Waals surface area contributed by atoms with E-state index in [1.54, 1.807) is 0 Å². The Morgan fingerprint density at radius 1 is 0.686 bits per heavy atom. The standard InChI is InChI=1S/C22H38N4O9/c1-3-4-5-6-10-17(27)26-16(22(34)35)11-12-18(28)25-15(9-7-8-14(23)21(32)33)19(29)24-13(2)20(30)31/h13-16H,3-12,23H2,1-2H3,(H,24,29)(H,25,28)(H,26,27)(H,30,31)(H,32,33)(H,34,35). The van der Waals surface area contributed by atoms with Gasteiger partial charge in [-0.2, -0.15) is 0 Å². The Kier molecular flexibility index (Phi) is 15.7. The Bertz CT molecular complexity index is 744. The average molecular weight is 503 g/mol. The van der Waals surface area contributed by atoms with Crippen molar-refractivity contribution in [3.8, 4) is 0 Å². The fourth-order valence-electron chi connectivity index (χ4n) is 3.09. The second-order valence-corrected chi connectivity index (χ2v) is 8.37. The molecule has 0 heterocycles. The molecule has 4 unspecified atom stereocenters. The summed E-state index contributed by atoms with van der Waals surface area (Å²) in [6.07, 6.45) is 3.25. The summed E-state index contributed by atoms with van der Waals surface area (Å²) in [6, 6.07) is -4.85. The van der Waals surface area contributed by atoms with Gasteiger partial charge in [0.15, 0.2) is 0 Å². The van der Waals surface area contributed by atoms with Crippen molar-refractivity contribution in [1.29, 1.82) is 0 Å². The van der Waals surface area contributed by atoms with Gasteiger partial charge < -0.3 is 37.0 Å². The third kappa shape index (κ3) is 14.6. The molecule has 0 saturated heterocycles. The molecule has 13 heteroatoms. The highest BCUT2D eigenvalue weighted by Gasteiger charge is 2.26. The molecule has 0 rings (SSSR count). The van der Waals surface area contributed by atoms with Gasteiger partial charge in [-0.15, -0.1) is 0 Å². The van der Waals surface area contributed by atoms with Gasteiger partial charge in [0.1, 0.15) is 24.2 Å². The summed E-state index contributed by atoms with van der Waals surface area (Å²) < 4.78 is 0. The molecule has 4 atom stereocenters. The molecule has 13 nitrogen and oxygen atoms in total. The minimum atomic E-state index is -1.30. The number of nitrogens with one attached hydrogen (secondary N) is 3. The van der Waals surface area contributed by atoms with Crippen molar-refractivity contribution in [3.05, 3.63) is 0 Å². The van der Waals surface area contributed by atoms with Gasteiger partial charge in [0, 0.05) is 12.8 Å². The normalized spacial score (nSPS) is 14.1. The molecule has 0 saturated carbocycles. The zero-order valence-corrected chi connectivity index (χ0v) is 20.2. The number of carbonyl (C=O) groups is 6. The molecule has 0 spiro atoms. The lowest BCUT2D eigenvalue weighted by molar-refractivity contribution is -0.142. The Labute approximate surface area is 204 Å². The molecule has 0 aliphatic carbocycles. The second-order valence-electron chi connectivity index (χ2n) is 8.37. The van der Waals surface area contributed by atoms with Crippen LogP contribution in [0.4, 0.5) is 0 Å². The van der Waals surface area contributed by atoms with Crippen LogP contribution in [-0.4, -0.2) is 75.1 Å². The maximum Gasteiger partial charge on any atom is 0.326 e. The molecule has 0 bridgehead atoms. The Morgan fingerprint density at radius 3 is 1.83 bits per heavy atom. The topological polar surface area (TPSA) is 225 Å². The van der Waals surface area contributed by atoms with E-state index in [0.717, 1.165) is 19.3 Å². The summed E-state index contributed by atoms with van der Waals surface area (Å²) in [5.41, 5.74) is 5.44. The van der Waals surface area contributed by atoms with E-state index in [0.29, 0.717) is 6.42 Å². The zero-order chi connectivity index (χ0) is 27.0. The molecular weight excluding hydrogens is 464 g/mol. The average Bonchev–Trinajstić information content (AvgIpc) is 2.78. The molecule has 3 amide bonds. The molecule has 0 radical (unpaired) electrons. The van der Waals surface area contributed by atoms with E-state index in [4.69, 9.17) is 15.9 Å². The highest BCUT2D eigenvalue weighted by atomic mass is 16.4. The van der Waals surface area contributed by atoms with Gasteiger partial charge in [0.25, 0.3) is 0 Å². The first-order chi connectivity index (χ1) is 16.4. The number of hydrogen-bond acceptors (Lipinski definition) is 7. The monoisotopic (exact) mass is 502 g/mol. The Morgan fingerprint density at radius 2 is 1.29 bits per heavy atom. The third-order valence-electron chi connectivity index (χ3n) is 5.26. The van der Waals surface area contributed by atoms with Crippen LogP contribution in [0.3, 0.4) is 0 Å². The first kappa shape index (κ1) is 31.8. The molecule has 8 N–H and O–H groups in total. The number of rotatable bonds is 19. The van der Waals surface area contributed by atoms with Gasteiger partial charge in [-0.1, -0.05) is 26.2 Å². The molecule has 0 aliphatic rings. The van der Waals surface area contributed by atoms with Crippen LogP contribution in [0.25, 0.3) is 0 Å². The minimum absolute atomic E-state index is 0.0122. The van der Waals surface area contributed by atoms with Crippen LogP contribution >= 0.6 is 0 Å². The fraction of sp³-hybridized carbons (Fsp3) is 0.727. The predicted molar refractivity (Wildman–Crippen MR) is 124 cm³/mol. The highest BCUT2D eigenvalue weighted by molar-refractivity contribution is 5.90. The van der Waals surface area contributed by atoms with Crippen molar-refractivity contribution >= 4 is 35.6 Å². The maximum atomic E-state index is 12.5. The summed E-state index contributed by atoms with van der Waals surface area (Å²) in [6.45, 7) is 3.26. The van der Waals surface area contributed by atoms with Gasteiger partial charge in [-0.25, -0.2) is 4.79 Å². The van der Waals surface area contributed by atoms with Crippen LogP contribution < -0.4 is 21.7 Å². The van der Waals surface area contributed by atoms with Gasteiger partial charge >= 0.3 is 17.9 Å². The number of nitrogens with two attached hydrogens (primary N) is 1. The van der Waals surface area contributed by atoms with E-state index in [9.17, 15) is 33.9 Å². The predicted octanol–water partition coefficient (Wildman–Crippen LogP) is -0.0373. The number of hydrogen-bond donors (Lipinski definition) is 7. The van der Waals surface area contributed by atoms with Crippen molar-refractivity contribution in [2.24, 2.45) is 5.73 Å². The molecule has 0 aliphatic heterocycles. The first-order valence-corrected chi connectivity index (χ1v) is 11.7. The largest absolute Gasteiger partial charge is 0.480 e. The van der Waals surface area contributed by atoms with Crippen LogP contribution in [0.5, 0.6) is 0 Å². The van der Waals surface area contributed by atoms with Gasteiger partial charge in [0.2, 0.25) is 17.7 Å². The molecule has 200 valence electrons. The minimum Gasteiger partial charge on any atom is -0.480 e. The van der Waals surface area contributed by atoms with Gasteiger partial charge in [-0.05, 0) is 39.0 Å². The number of carbonyl (C=O) groups excluding carboxylic acids is 3. The molecule has 0 aromatic rings. The fourth-order valence-corrected chi connectivity index (χ4v) is 3.09. The molecule has 0 aromatic heterocycles. The summed E-state index contributed by atoms with van der Waals surface area (Å²) in [5, 5.41) is 34.2. The zero-order valence-electron chi connectivity index (χ0n) is 20.2.